The van der Waals surface area contributed by atoms with Gasteiger partial charge in [-0.2, -0.15) is 0 Å². The number of fused-ring (bicyclic) bond motifs is 2. The van der Waals surface area contributed by atoms with Gasteiger partial charge < -0.3 is 14.5 Å². The minimum absolute atomic E-state index is 0.0796. The Bertz CT molecular complexity index is 688. The number of rotatable bonds is 5. The molecule has 1 aromatic rings. The zero-order valence-electron chi connectivity index (χ0n) is 14.7. The minimum atomic E-state index is -0.564. The number of carbonyl (C=O) groups is 3. The van der Waals surface area contributed by atoms with E-state index in [4.69, 9.17) is 4.74 Å². The van der Waals surface area contributed by atoms with Crippen LogP contribution < -0.4 is 4.90 Å². The van der Waals surface area contributed by atoms with Gasteiger partial charge in [-0.15, -0.1) is 0 Å². The van der Waals surface area contributed by atoms with E-state index in [1.807, 2.05) is 18.2 Å². The quantitative estimate of drug-likeness (QED) is 0.607. The predicted molar refractivity (Wildman–Crippen MR) is 93.3 cm³/mol. The standard InChI is InChI=1S/C19H24N2O4/c1-3-4-7-10-20-16-9-6-5-8-15(16)18(23)21-12-14(25-13(2)22)11-17(21)19(20)24/h5-6,8-9,14,17H,3-4,7,10-12H2,1-2H3/t14-,17+/m1/s1. The number of para-hydroxylation sites is 1. The molecule has 6 heteroatoms. The third-order valence-electron chi connectivity index (χ3n) is 4.82. The van der Waals surface area contributed by atoms with E-state index in [2.05, 4.69) is 6.92 Å². The molecule has 0 N–H and O–H groups in total. The van der Waals surface area contributed by atoms with Gasteiger partial charge in [0.15, 0.2) is 0 Å². The van der Waals surface area contributed by atoms with Gasteiger partial charge in [-0.05, 0) is 18.6 Å². The van der Waals surface area contributed by atoms with Crippen LogP contribution in [0.3, 0.4) is 0 Å². The van der Waals surface area contributed by atoms with E-state index in [-0.39, 0.29) is 24.3 Å². The molecule has 6 nitrogen and oxygen atoms in total. The second-order valence-electron chi connectivity index (χ2n) is 6.65. The number of carbonyl (C=O) groups excluding carboxylic acids is 3. The number of esters is 1. The molecular weight excluding hydrogens is 320 g/mol. The fraction of sp³-hybridized carbons (Fsp3) is 0.526. The summed E-state index contributed by atoms with van der Waals surface area (Å²) in [5.74, 6) is -0.631. The summed E-state index contributed by atoms with van der Waals surface area (Å²) in [5, 5.41) is 0. The first-order chi connectivity index (χ1) is 12.0. The number of nitrogens with zero attached hydrogens (tertiary/aromatic N) is 2. The SMILES string of the molecule is CCCCCN1C(=O)[C@@H]2C[C@@H](OC(C)=O)CN2C(=O)c2ccccc21. The van der Waals surface area contributed by atoms with Crippen molar-refractivity contribution in [2.24, 2.45) is 0 Å². The molecule has 0 aliphatic carbocycles. The van der Waals surface area contributed by atoms with Gasteiger partial charge in [0.2, 0.25) is 5.91 Å². The van der Waals surface area contributed by atoms with Crippen LogP contribution in [-0.2, 0) is 14.3 Å². The van der Waals surface area contributed by atoms with Crippen molar-refractivity contribution in [2.45, 2.75) is 51.7 Å². The van der Waals surface area contributed by atoms with Crippen LogP contribution in [0.15, 0.2) is 24.3 Å². The molecule has 3 rings (SSSR count). The van der Waals surface area contributed by atoms with Gasteiger partial charge in [0.05, 0.1) is 17.8 Å². The second kappa shape index (κ2) is 7.25. The Kier molecular flexibility index (Phi) is 5.06. The lowest BCUT2D eigenvalue weighted by atomic mass is 10.1. The monoisotopic (exact) mass is 344 g/mol. The highest BCUT2D eigenvalue weighted by molar-refractivity contribution is 6.11. The third-order valence-corrected chi connectivity index (χ3v) is 4.82. The predicted octanol–water partition coefficient (Wildman–Crippen LogP) is 2.37. The summed E-state index contributed by atoms with van der Waals surface area (Å²) >= 11 is 0. The van der Waals surface area contributed by atoms with Crippen LogP contribution >= 0.6 is 0 Å². The highest BCUT2D eigenvalue weighted by Gasteiger charge is 2.46. The van der Waals surface area contributed by atoms with Crippen LogP contribution in [0.5, 0.6) is 0 Å². The number of ether oxygens (including phenoxy) is 1. The van der Waals surface area contributed by atoms with Gasteiger partial charge in [-0.25, -0.2) is 0 Å². The molecular formula is C19H24N2O4. The van der Waals surface area contributed by atoms with Crippen molar-refractivity contribution in [3.63, 3.8) is 0 Å². The van der Waals surface area contributed by atoms with Crippen molar-refractivity contribution in [1.29, 1.82) is 0 Å². The van der Waals surface area contributed by atoms with Crippen molar-refractivity contribution >= 4 is 23.5 Å². The van der Waals surface area contributed by atoms with Gasteiger partial charge in [0.25, 0.3) is 5.91 Å². The van der Waals surface area contributed by atoms with Gasteiger partial charge in [0.1, 0.15) is 12.1 Å². The minimum Gasteiger partial charge on any atom is -0.461 e. The Balaban J connectivity index is 1.93. The number of hydrogen-bond acceptors (Lipinski definition) is 4. The Morgan fingerprint density at radius 2 is 2.00 bits per heavy atom. The molecule has 0 saturated carbocycles. The molecule has 2 atom stereocenters. The normalized spacial score (nSPS) is 22.5. The number of hydrogen-bond donors (Lipinski definition) is 0. The fourth-order valence-electron chi connectivity index (χ4n) is 3.67. The topological polar surface area (TPSA) is 66.9 Å². The molecule has 2 heterocycles. The summed E-state index contributed by atoms with van der Waals surface area (Å²) in [4.78, 5) is 40.7. The van der Waals surface area contributed by atoms with E-state index in [0.717, 1.165) is 19.3 Å². The molecule has 2 amide bonds. The van der Waals surface area contributed by atoms with Gasteiger partial charge in [-0.1, -0.05) is 31.9 Å². The summed E-state index contributed by atoms with van der Waals surface area (Å²) in [5.41, 5.74) is 1.23. The average molecular weight is 344 g/mol. The number of unbranched alkanes of at least 4 members (excludes halogenated alkanes) is 2. The van der Waals surface area contributed by atoms with E-state index in [1.165, 1.54) is 6.92 Å². The molecule has 0 radical (unpaired) electrons. The molecule has 0 unspecified atom stereocenters. The molecule has 2 aliphatic heterocycles. The maximum absolute atomic E-state index is 13.2. The smallest absolute Gasteiger partial charge is 0.302 e. The lowest BCUT2D eigenvalue weighted by Gasteiger charge is -2.25. The number of benzene rings is 1. The van der Waals surface area contributed by atoms with Crippen molar-refractivity contribution in [3.8, 4) is 0 Å². The molecule has 134 valence electrons. The first-order valence-corrected chi connectivity index (χ1v) is 8.91. The fourth-order valence-corrected chi connectivity index (χ4v) is 3.67. The van der Waals surface area contributed by atoms with Crippen LogP contribution in [-0.4, -0.2) is 47.9 Å². The second-order valence-corrected chi connectivity index (χ2v) is 6.65. The van der Waals surface area contributed by atoms with E-state index in [1.54, 1.807) is 15.9 Å². The molecule has 1 fully saturated rings. The van der Waals surface area contributed by atoms with E-state index in [0.29, 0.717) is 24.2 Å². The van der Waals surface area contributed by atoms with Gasteiger partial charge in [0, 0.05) is 19.9 Å². The lowest BCUT2D eigenvalue weighted by molar-refractivity contribution is -0.145. The largest absolute Gasteiger partial charge is 0.461 e. The van der Waals surface area contributed by atoms with E-state index in [9.17, 15) is 14.4 Å². The highest BCUT2D eigenvalue weighted by Crippen LogP contribution is 2.33. The van der Waals surface area contributed by atoms with Crippen LogP contribution in [0, 0.1) is 0 Å². The Morgan fingerprint density at radius 1 is 1.24 bits per heavy atom. The molecule has 0 aromatic heterocycles. The zero-order chi connectivity index (χ0) is 18.0. The molecule has 1 saturated heterocycles. The average Bonchev–Trinajstić information content (AvgIpc) is 2.98. The van der Waals surface area contributed by atoms with Crippen LogP contribution in [0.1, 0.15) is 49.9 Å². The summed E-state index contributed by atoms with van der Waals surface area (Å²) in [6.07, 6.45) is 2.93. The van der Waals surface area contributed by atoms with Gasteiger partial charge in [-0.3, -0.25) is 14.4 Å². The summed E-state index contributed by atoms with van der Waals surface area (Å²) in [7, 11) is 0. The third kappa shape index (κ3) is 3.38. The lowest BCUT2D eigenvalue weighted by Crippen LogP contribution is -2.45. The summed E-state index contributed by atoms with van der Waals surface area (Å²) < 4.78 is 5.26. The molecule has 0 spiro atoms. The van der Waals surface area contributed by atoms with Crippen molar-refractivity contribution in [2.75, 3.05) is 18.0 Å². The first-order valence-electron chi connectivity index (χ1n) is 8.91. The van der Waals surface area contributed by atoms with Crippen molar-refractivity contribution in [1.82, 2.24) is 4.90 Å². The summed E-state index contributed by atoms with van der Waals surface area (Å²) in [6, 6.07) is 6.70. The highest BCUT2D eigenvalue weighted by atomic mass is 16.5. The Hall–Kier alpha value is -2.37. The first kappa shape index (κ1) is 17.5. The van der Waals surface area contributed by atoms with E-state index < -0.39 is 12.1 Å². The number of anilines is 1. The van der Waals surface area contributed by atoms with Crippen LogP contribution in [0.2, 0.25) is 0 Å². The Morgan fingerprint density at radius 3 is 2.72 bits per heavy atom. The van der Waals surface area contributed by atoms with Crippen molar-refractivity contribution < 1.29 is 19.1 Å². The molecule has 25 heavy (non-hydrogen) atoms. The number of amides is 2. The van der Waals surface area contributed by atoms with Crippen molar-refractivity contribution in [3.05, 3.63) is 29.8 Å². The van der Waals surface area contributed by atoms with E-state index >= 15 is 0 Å². The maximum atomic E-state index is 13.2. The van der Waals surface area contributed by atoms with Crippen LogP contribution in [0.4, 0.5) is 5.69 Å². The molecule has 1 aromatic carbocycles. The molecule has 2 aliphatic rings. The van der Waals surface area contributed by atoms with Gasteiger partial charge >= 0.3 is 5.97 Å². The Labute approximate surface area is 147 Å². The van der Waals surface area contributed by atoms with Crippen LogP contribution in [0.25, 0.3) is 0 Å². The maximum Gasteiger partial charge on any atom is 0.302 e. The zero-order valence-corrected chi connectivity index (χ0v) is 14.7. The molecule has 0 bridgehead atoms. The summed E-state index contributed by atoms with van der Waals surface area (Å²) in [6.45, 7) is 4.33.